The second-order valence-corrected chi connectivity index (χ2v) is 8.79. The fraction of sp³-hybridized carbons (Fsp3) is 0.444. The van der Waals surface area contributed by atoms with Crippen LogP contribution < -0.4 is 4.90 Å². The number of aliphatic hydroxyl groups is 1. The Morgan fingerprint density at radius 2 is 1.68 bits per heavy atom. The molecule has 7 nitrogen and oxygen atoms in total. The number of methoxy groups -OCH3 is 1. The van der Waals surface area contributed by atoms with E-state index in [2.05, 4.69) is 27.1 Å². The van der Waals surface area contributed by atoms with Gasteiger partial charge in [0, 0.05) is 45.9 Å². The van der Waals surface area contributed by atoms with Crippen molar-refractivity contribution in [2.45, 2.75) is 39.1 Å². The van der Waals surface area contributed by atoms with Crippen molar-refractivity contribution in [3.63, 3.8) is 0 Å². The summed E-state index contributed by atoms with van der Waals surface area (Å²) in [5, 5.41) is 15.1. The summed E-state index contributed by atoms with van der Waals surface area (Å²) in [6, 6.07) is 20.3. The summed E-state index contributed by atoms with van der Waals surface area (Å²) in [4.78, 5) is 4.24. The monoisotopic (exact) mass is 467 g/mol. The van der Waals surface area contributed by atoms with E-state index < -0.39 is 6.10 Å². The Kier molecular flexibility index (Phi) is 10.1. The molecule has 1 heterocycles. The zero-order valence-corrected chi connectivity index (χ0v) is 20.7. The third-order valence-corrected chi connectivity index (χ3v) is 5.51. The van der Waals surface area contributed by atoms with Gasteiger partial charge in [0.1, 0.15) is 5.69 Å². The van der Waals surface area contributed by atoms with E-state index in [1.807, 2.05) is 69.4 Å². The molecule has 34 heavy (non-hydrogen) atoms. The van der Waals surface area contributed by atoms with Crippen LogP contribution in [0.25, 0.3) is 11.3 Å². The van der Waals surface area contributed by atoms with Gasteiger partial charge in [0.15, 0.2) is 0 Å². The van der Waals surface area contributed by atoms with E-state index in [0.29, 0.717) is 32.8 Å². The topological polar surface area (TPSA) is 71.2 Å². The number of hydrogen-bond donors (Lipinski definition) is 1. The first kappa shape index (κ1) is 25.9. The third-order valence-electron chi connectivity index (χ3n) is 5.51. The molecule has 1 unspecified atom stereocenters. The molecule has 0 aliphatic carbocycles. The molecule has 0 radical (unpaired) electrons. The van der Waals surface area contributed by atoms with E-state index in [1.165, 1.54) is 5.56 Å². The van der Waals surface area contributed by atoms with Crippen LogP contribution in [0, 0.1) is 0 Å². The highest BCUT2D eigenvalue weighted by Gasteiger charge is 2.24. The lowest BCUT2D eigenvalue weighted by Crippen LogP contribution is -2.37. The van der Waals surface area contributed by atoms with Gasteiger partial charge in [-0.3, -0.25) is 4.90 Å². The Morgan fingerprint density at radius 1 is 1.00 bits per heavy atom. The van der Waals surface area contributed by atoms with Crippen LogP contribution in [-0.2, 0) is 22.6 Å². The number of anilines is 1. The number of hydrogen-bond acceptors (Lipinski definition) is 7. The lowest BCUT2D eigenvalue weighted by atomic mass is 10.1. The number of benzene rings is 2. The van der Waals surface area contributed by atoms with E-state index in [9.17, 15) is 5.11 Å². The maximum atomic E-state index is 10.6. The molecule has 1 aromatic heterocycles. The van der Waals surface area contributed by atoms with Crippen molar-refractivity contribution in [3.05, 3.63) is 71.8 Å². The minimum Gasteiger partial charge on any atom is -0.389 e. The Labute approximate surface area is 202 Å². The SMILES string of the molecule is COCCN(Cc1c(-c2ccccc2)noc1N(C)Cc1ccccc1)CC(O)COC(C)C. The molecule has 3 rings (SSSR count). The Balaban J connectivity index is 1.87. The number of ether oxygens (including phenoxy) is 2. The summed E-state index contributed by atoms with van der Waals surface area (Å²) in [6.45, 7) is 7.15. The lowest BCUT2D eigenvalue weighted by Gasteiger charge is -2.26. The van der Waals surface area contributed by atoms with Gasteiger partial charge in [-0.15, -0.1) is 0 Å². The maximum Gasteiger partial charge on any atom is 0.232 e. The molecule has 3 aromatic rings. The molecule has 0 bridgehead atoms. The highest BCUT2D eigenvalue weighted by molar-refractivity contribution is 5.68. The number of rotatable bonds is 14. The van der Waals surface area contributed by atoms with Gasteiger partial charge in [0.2, 0.25) is 5.88 Å². The largest absolute Gasteiger partial charge is 0.389 e. The van der Waals surface area contributed by atoms with Gasteiger partial charge < -0.3 is 24.0 Å². The zero-order chi connectivity index (χ0) is 24.3. The highest BCUT2D eigenvalue weighted by Crippen LogP contribution is 2.32. The molecule has 184 valence electrons. The molecular weight excluding hydrogens is 430 g/mol. The van der Waals surface area contributed by atoms with E-state index in [1.54, 1.807) is 7.11 Å². The lowest BCUT2D eigenvalue weighted by molar-refractivity contribution is -0.0121. The van der Waals surface area contributed by atoms with Crippen molar-refractivity contribution in [1.82, 2.24) is 10.1 Å². The maximum absolute atomic E-state index is 10.6. The quantitative estimate of drug-likeness (QED) is 0.381. The van der Waals surface area contributed by atoms with Gasteiger partial charge in [0.05, 0.1) is 31.0 Å². The predicted octanol–water partition coefficient (Wildman–Crippen LogP) is 4.21. The van der Waals surface area contributed by atoms with Crippen LogP contribution in [0.15, 0.2) is 65.2 Å². The molecule has 1 N–H and O–H groups in total. The van der Waals surface area contributed by atoms with Gasteiger partial charge in [-0.25, -0.2) is 0 Å². The molecule has 1 atom stereocenters. The van der Waals surface area contributed by atoms with Crippen LogP contribution in [0.4, 0.5) is 5.88 Å². The van der Waals surface area contributed by atoms with Gasteiger partial charge in [-0.2, -0.15) is 0 Å². The molecule has 7 heteroatoms. The Hall–Kier alpha value is -2.71. The van der Waals surface area contributed by atoms with E-state index in [0.717, 1.165) is 22.7 Å². The molecule has 0 fully saturated rings. The van der Waals surface area contributed by atoms with Crippen LogP contribution in [0.5, 0.6) is 0 Å². The summed E-state index contributed by atoms with van der Waals surface area (Å²) in [5.74, 6) is 0.720. The van der Waals surface area contributed by atoms with Crippen molar-refractivity contribution in [2.75, 3.05) is 45.4 Å². The van der Waals surface area contributed by atoms with Crippen LogP contribution in [0.3, 0.4) is 0 Å². The smallest absolute Gasteiger partial charge is 0.232 e. The molecule has 2 aromatic carbocycles. The van der Waals surface area contributed by atoms with E-state index in [-0.39, 0.29) is 12.7 Å². The molecule has 0 saturated carbocycles. The summed E-state index contributed by atoms with van der Waals surface area (Å²) in [7, 11) is 3.70. The summed E-state index contributed by atoms with van der Waals surface area (Å²) in [6.07, 6.45) is -0.534. The van der Waals surface area contributed by atoms with Crippen LogP contribution in [-0.4, -0.2) is 67.8 Å². The first-order valence-electron chi connectivity index (χ1n) is 11.8. The number of aromatic nitrogens is 1. The first-order valence-corrected chi connectivity index (χ1v) is 11.8. The molecule has 0 spiro atoms. The van der Waals surface area contributed by atoms with Crippen LogP contribution in [0.1, 0.15) is 25.0 Å². The fourth-order valence-electron chi connectivity index (χ4n) is 3.83. The standard InChI is InChI=1S/C27H37N3O4/c1-21(2)33-20-24(31)18-30(15-16-32-4)19-25-26(23-13-9-6-10-14-23)28-34-27(25)29(3)17-22-11-7-5-8-12-22/h5-14,21,24,31H,15-20H2,1-4H3. The first-order chi connectivity index (χ1) is 16.5. The van der Waals surface area contributed by atoms with Gasteiger partial charge in [0.25, 0.3) is 0 Å². The fourth-order valence-corrected chi connectivity index (χ4v) is 3.83. The highest BCUT2D eigenvalue weighted by atomic mass is 16.5. The molecule has 0 saturated heterocycles. The summed E-state index contributed by atoms with van der Waals surface area (Å²) >= 11 is 0. The summed E-state index contributed by atoms with van der Waals surface area (Å²) < 4.78 is 16.9. The second kappa shape index (κ2) is 13.2. The molecule has 0 amide bonds. The predicted molar refractivity (Wildman–Crippen MR) is 135 cm³/mol. The van der Waals surface area contributed by atoms with Crippen molar-refractivity contribution < 1.29 is 19.1 Å². The van der Waals surface area contributed by atoms with Gasteiger partial charge in [-0.1, -0.05) is 65.8 Å². The van der Waals surface area contributed by atoms with Crippen molar-refractivity contribution >= 4 is 5.88 Å². The van der Waals surface area contributed by atoms with E-state index in [4.69, 9.17) is 14.0 Å². The zero-order valence-electron chi connectivity index (χ0n) is 20.7. The number of nitrogens with zero attached hydrogens (tertiary/aromatic N) is 3. The van der Waals surface area contributed by atoms with Crippen molar-refractivity contribution in [1.29, 1.82) is 0 Å². The molecule has 0 aliphatic rings. The second-order valence-electron chi connectivity index (χ2n) is 8.79. The minimum atomic E-state index is -0.607. The average Bonchev–Trinajstić information content (AvgIpc) is 3.26. The van der Waals surface area contributed by atoms with E-state index >= 15 is 0 Å². The number of aliphatic hydroxyl groups excluding tert-OH is 1. The Bertz CT molecular complexity index is 963. The third kappa shape index (κ3) is 7.67. The normalized spacial score (nSPS) is 12.4. The Morgan fingerprint density at radius 3 is 2.32 bits per heavy atom. The molecular formula is C27H37N3O4. The average molecular weight is 468 g/mol. The van der Waals surface area contributed by atoms with Crippen LogP contribution in [0.2, 0.25) is 0 Å². The van der Waals surface area contributed by atoms with Gasteiger partial charge >= 0.3 is 0 Å². The summed E-state index contributed by atoms with van der Waals surface area (Å²) in [5.41, 5.74) is 3.98. The van der Waals surface area contributed by atoms with Gasteiger partial charge in [-0.05, 0) is 19.4 Å². The minimum absolute atomic E-state index is 0.0723. The van der Waals surface area contributed by atoms with Crippen molar-refractivity contribution in [3.8, 4) is 11.3 Å². The molecule has 0 aliphatic heterocycles. The van der Waals surface area contributed by atoms with Crippen LogP contribution >= 0.6 is 0 Å². The van der Waals surface area contributed by atoms with Crippen molar-refractivity contribution in [2.24, 2.45) is 0 Å².